The molecule has 0 saturated carbocycles. The number of thiazole rings is 1. The number of nitrogens with zero attached hydrogens (tertiary/aromatic N) is 2. The van der Waals surface area contributed by atoms with Gasteiger partial charge in [-0.1, -0.05) is 29.5 Å². The Labute approximate surface area is 157 Å². The van der Waals surface area contributed by atoms with E-state index in [0.717, 1.165) is 46.8 Å². The summed E-state index contributed by atoms with van der Waals surface area (Å²) >= 11 is 1.66. The summed E-state index contributed by atoms with van der Waals surface area (Å²) in [5.74, 6) is 0.835. The fraction of sp³-hybridized carbons (Fsp3) is 0.250. The molecule has 0 unspecified atom stereocenters. The van der Waals surface area contributed by atoms with Gasteiger partial charge in [0.25, 0.3) is 0 Å². The number of methoxy groups -OCH3 is 1. The molecule has 0 amide bonds. The van der Waals surface area contributed by atoms with Crippen molar-refractivity contribution < 1.29 is 4.74 Å². The van der Waals surface area contributed by atoms with Gasteiger partial charge in [-0.15, -0.1) is 0 Å². The lowest BCUT2D eigenvalue weighted by atomic mass is 10.1. The van der Waals surface area contributed by atoms with Crippen LogP contribution in [-0.4, -0.2) is 31.9 Å². The molecule has 0 aliphatic carbocycles. The molecule has 6 heteroatoms. The maximum Gasteiger partial charge on any atom is 0.187 e. The minimum absolute atomic E-state index is 0.835. The topological polar surface area (TPSA) is 49.4 Å². The zero-order valence-corrected chi connectivity index (χ0v) is 15.8. The quantitative estimate of drug-likeness (QED) is 0.707. The molecule has 1 aliphatic rings. The van der Waals surface area contributed by atoms with E-state index in [9.17, 15) is 0 Å². The van der Waals surface area contributed by atoms with Gasteiger partial charge in [-0.05, 0) is 36.2 Å². The zero-order chi connectivity index (χ0) is 17.9. The van der Waals surface area contributed by atoms with Crippen molar-refractivity contribution in [3.05, 3.63) is 54.2 Å². The first kappa shape index (κ1) is 16.9. The number of anilines is 3. The molecule has 1 aromatic heterocycles. The molecule has 0 radical (unpaired) electrons. The highest BCUT2D eigenvalue weighted by Gasteiger charge is 2.13. The highest BCUT2D eigenvalue weighted by molar-refractivity contribution is 7.18. The number of ether oxygens (including phenoxy) is 1. The Bertz CT molecular complexity index is 902. The Hall–Kier alpha value is -2.57. The Morgan fingerprint density at radius 3 is 2.96 bits per heavy atom. The molecular weight excluding hydrogens is 344 g/mol. The lowest BCUT2D eigenvalue weighted by Gasteiger charge is -2.17. The van der Waals surface area contributed by atoms with Crippen molar-refractivity contribution in [2.24, 2.45) is 0 Å². The van der Waals surface area contributed by atoms with Gasteiger partial charge in [-0.2, -0.15) is 0 Å². The van der Waals surface area contributed by atoms with Crippen molar-refractivity contribution in [1.82, 2.24) is 10.3 Å². The van der Waals surface area contributed by atoms with Crippen LogP contribution >= 0.6 is 11.3 Å². The average Bonchev–Trinajstić information content (AvgIpc) is 3.36. The standard InChI is InChI=1S/C20H22N4OS/c1-14-6-7-17(25-2)11-18(14)23-20-22-12-19(26-20)15-4-3-5-16(10-15)24-9-8-21-13-24/h3-7,10-12,21H,8-9,13H2,1-2H3,(H,22,23). The third kappa shape index (κ3) is 3.52. The molecule has 0 atom stereocenters. The van der Waals surface area contributed by atoms with Crippen LogP contribution in [0.1, 0.15) is 5.56 Å². The molecule has 3 aromatic rings. The zero-order valence-electron chi connectivity index (χ0n) is 15.0. The van der Waals surface area contributed by atoms with Gasteiger partial charge in [0.1, 0.15) is 5.75 Å². The lowest BCUT2D eigenvalue weighted by Crippen LogP contribution is -2.20. The summed E-state index contributed by atoms with van der Waals surface area (Å²) in [6, 6.07) is 14.7. The Kier molecular flexibility index (Phi) is 4.77. The molecule has 1 aliphatic heterocycles. The monoisotopic (exact) mass is 366 g/mol. The van der Waals surface area contributed by atoms with Gasteiger partial charge in [0.15, 0.2) is 5.13 Å². The largest absolute Gasteiger partial charge is 0.497 e. The van der Waals surface area contributed by atoms with E-state index in [1.807, 2.05) is 24.4 Å². The summed E-state index contributed by atoms with van der Waals surface area (Å²) < 4.78 is 5.32. The van der Waals surface area contributed by atoms with Crippen LogP contribution < -0.4 is 20.3 Å². The van der Waals surface area contributed by atoms with Gasteiger partial charge in [0, 0.05) is 36.7 Å². The van der Waals surface area contributed by atoms with Crippen LogP contribution in [0.4, 0.5) is 16.5 Å². The number of nitrogens with one attached hydrogen (secondary N) is 2. The van der Waals surface area contributed by atoms with Crippen molar-refractivity contribution in [2.75, 3.05) is 37.1 Å². The van der Waals surface area contributed by atoms with E-state index >= 15 is 0 Å². The molecule has 134 valence electrons. The van der Waals surface area contributed by atoms with E-state index in [4.69, 9.17) is 4.74 Å². The van der Waals surface area contributed by atoms with Crippen LogP contribution in [0.3, 0.4) is 0 Å². The van der Waals surface area contributed by atoms with Crippen molar-refractivity contribution >= 4 is 27.8 Å². The maximum absolute atomic E-state index is 5.32. The molecule has 1 fully saturated rings. The van der Waals surface area contributed by atoms with Crippen molar-refractivity contribution in [3.8, 4) is 16.2 Å². The van der Waals surface area contributed by atoms with E-state index in [0.29, 0.717) is 0 Å². The van der Waals surface area contributed by atoms with Crippen molar-refractivity contribution in [1.29, 1.82) is 0 Å². The Morgan fingerprint density at radius 1 is 1.23 bits per heavy atom. The van der Waals surface area contributed by atoms with E-state index in [2.05, 4.69) is 51.7 Å². The minimum atomic E-state index is 0.835. The molecule has 0 bridgehead atoms. The van der Waals surface area contributed by atoms with E-state index in [1.54, 1.807) is 18.4 Å². The second kappa shape index (κ2) is 7.35. The van der Waals surface area contributed by atoms with E-state index in [-0.39, 0.29) is 0 Å². The lowest BCUT2D eigenvalue weighted by molar-refractivity contribution is 0.415. The second-order valence-corrected chi connectivity index (χ2v) is 7.34. The number of hydrogen-bond acceptors (Lipinski definition) is 6. The molecular formula is C20H22N4OS. The summed E-state index contributed by atoms with van der Waals surface area (Å²) in [6.45, 7) is 5.07. The number of aryl methyl sites for hydroxylation is 1. The molecule has 2 N–H and O–H groups in total. The summed E-state index contributed by atoms with van der Waals surface area (Å²) in [7, 11) is 1.68. The van der Waals surface area contributed by atoms with Crippen LogP contribution in [-0.2, 0) is 0 Å². The molecule has 2 heterocycles. The number of aromatic nitrogens is 1. The molecule has 4 rings (SSSR count). The molecule has 0 spiro atoms. The van der Waals surface area contributed by atoms with Crippen molar-refractivity contribution in [2.45, 2.75) is 6.92 Å². The Balaban J connectivity index is 1.56. The number of rotatable bonds is 5. The van der Waals surface area contributed by atoms with Gasteiger partial charge < -0.3 is 15.0 Å². The molecule has 1 saturated heterocycles. The van der Waals surface area contributed by atoms with E-state index in [1.165, 1.54) is 11.3 Å². The van der Waals surface area contributed by atoms with Crippen LogP contribution in [0, 0.1) is 6.92 Å². The van der Waals surface area contributed by atoms with Gasteiger partial charge in [0.2, 0.25) is 0 Å². The average molecular weight is 366 g/mol. The normalized spacial score (nSPS) is 13.8. The van der Waals surface area contributed by atoms with Crippen LogP contribution in [0.5, 0.6) is 5.75 Å². The van der Waals surface area contributed by atoms with Gasteiger partial charge in [-0.3, -0.25) is 5.32 Å². The fourth-order valence-corrected chi connectivity index (χ4v) is 3.85. The van der Waals surface area contributed by atoms with E-state index < -0.39 is 0 Å². The first-order valence-corrected chi connectivity index (χ1v) is 9.48. The van der Waals surface area contributed by atoms with Gasteiger partial charge in [0.05, 0.1) is 18.7 Å². The van der Waals surface area contributed by atoms with Gasteiger partial charge in [-0.25, -0.2) is 4.98 Å². The van der Waals surface area contributed by atoms with Crippen LogP contribution in [0.15, 0.2) is 48.7 Å². The first-order chi connectivity index (χ1) is 12.7. The smallest absolute Gasteiger partial charge is 0.187 e. The SMILES string of the molecule is COc1ccc(C)c(Nc2ncc(-c3cccc(N4CCNC4)c3)s2)c1. The minimum Gasteiger partial charge on any atom is -0.497 e. The highest BCUT2D eigenvalue weighted by atomic mass is 32.1. The third-order valence-electron chi connectivity index (χ3n) is 4.55. The third-order valence-corrected chi connectivity index (χ3v) is 5.51. The van der Waals surface area contributed by atoms with Crippen molar-refractivity contribution in [3.63, 3.8) is 0 Å². The summed E-state index contributed by atoms with van der Waals surface area (Å²) in [4.78, 5) is 8.06. The second-order valence-electron chi connectivity index (χ2n) is 6.31. The van der Waals surface area contributed by atoms with Gasteiger partial charge >= 0.3 is 0 Å². The summed E-state index contributed by atoms with van der Waals surface area (Å²) in [5, 5.41) is 7.67. The fourth-order valence-electron chi connectivity index (χ4n) is 3.03. The summed E-state index contributed by atoms with van der Waals surface area (Å²) in [6.07, 6.45) is 1.93. The maximum atomic E-state index is 5.32. The molecule has 2 aromatic carbocycles. The Morgan fingerprint density at radius 2 is 2.15 bits per heavy atom. The number of hydrogen-bond donors (Lipinski definition) is 2. The van der Waals surface area contributed by atoms with Crippen LogP contribution in [0.25, 0.3) is 10.4 Å². The molecule has 26 heavy (non-hydrogen) atoms. The number of benzene rings is 2. The predicted octanol–water partition coefficient (Wildman–Crippen LogP) is 4.24. The predicted molar refractivity (Wildman–Crippen MR) is 109 cm³/mol. The summed E-state index contributed by atoms with van der Waals surface area (Å²) in [5.41, 5.74) is 4.62. The first-order valence-electron chi connectivity index (χ1n) is 8.66. The van der Waals surface area contributed by atoms with Crippen LogP contribution in [0.2, 0.25) is 0 Å². The molecule has 5 nitrogen and oxygen atoms in total. The highest BCUT2D eigenvalue weighted by Crippen LogP contribution is 2.34.